The van der Waals surface area contributed by atoms with Gasteiger partial charge in [-0.05, 0) is 31.9 Å². The molecule has 0 atom stereocenters. The molecule has 8 heteroatoms. The zero-order chi connectivity index (χ0) is 17.9. The fourth-order valence-electron chi connectivity index (χ4n) is 2.85. The molecule has 0 radical (unpaired) electrons. The fraction of sp³-hybridized carbons (Fsp3) is 0.667. The lowest BCUT2D eigenvalue weighted by atomic mass is 9.97. The van der Waals surface area contributed by atoms with Gasteiger partial charge in [-0.15, -0.1) is 24.0 Å². The molecule has 0 saturated carbocycles. The summed E-state index contributed by atoms with van der Waals surface area (Å²) in [5, 5.41) is 3.40. The summed E-state index contributed by atoms with van der Waals surface area (Å²) in [6, 6.07) is 3.86. The maximum absolute atomic E-state index is 11.9. The van der Waals surface area contributed by atoms with Crippen LogP contribution in [0.2, 0.25) is 0 Å². The van der Waals surface area contributed by atoms with Crippen LogP contribution in [-0.2, 0) is 20.7 Å². The van der Waals surface area contributed by atoms with E-state index in [9.17, 15) is 4.79 Å². The van der Waals surface area contributed by atoms with E-state index in [1.807, 2.05) is 19.1 Å². The van der Waals surface area contributed by atoms with Crippen LogP contribution in [0.25, 0.3) is 0 Å². The van der Waals surface area contributed by atoms with Gasteiger partial charge in [0.25, 0.3) is 0 Å². The van der Waals surface area contributed by atoms with E-state index in [2.05, 4.69) is 15.2 Å². The van der Waals surface area contributed by atoms with E-state index in [-0.39, 0.29) is 35.9 Å². The van der Waals surface area contributed by atoms with Gasteiger partial charge in [-0.1, -0.05) is 0 Å². The van der Waals surface area contributed by atoms with Crippen molar-refractivity contribution in [2.24, 2.45) is 10.9 Å². The molecule has 1 aromatic rings. The lowest BCUT2D eigenvalue weighted by molar-refractivity contribution is -0.149. The van der Waals surface area contributed by atoms with Gasteiger partial charge in [0.15, 0.2) is 5.96 Å². The Morgan fingerprint density at radius 1 is 1.42 bits per heavy atom. The Hall–Kier alpha value is -1.29. The molecule has 0 unspecified atom stereocenters. The van der Waals surface area contributed by atoms with Crippen molar-refractivity contribution in [2.45, 2.75) is 26.2 Å². The van der Waals surface area contributed by atoms with E-state index < -0.39 is 0 Å². The third-order valence-corrected chi connectivity index (χ3v) is 4.21. The second kappa shape index (κ2) is 13.0. The summed E-state index contributed by atoms with van der Waals surface area (Å²) in [6.07, 6.45) is 4.07. The number of hydrogen-bond acceptors (Lipinski definition) is 5. The zero-order valence-electron chi connectivity index (χ0n) is 15.6. The summed E-state index contributed by atoms with van der Waals surface area (Å²) in [5.41, 5.74) is 0. The van der Waals surface area contributed by atoms with Crippen molar-refractivity contribution in [3.8, 4) is 0 Å². The molecule has 0 spiro atoms. The van der Waals surface area contributed by atoms with Gasteiger partial charge >= 0.3 is 5.97 Å². The standard InChI is InChI=1S/C18H29N3O4.HI/c1-3-24-17(22)15-7-11-21(12-8-15)18(20-10-14-23-2)19-9-6-16-5-4-13-25-16;/h4-5,13,15H,3,6-12,14H2,1-2H3,(H,19,20);1H. The number of ether oxygens (including phenoxy) is 2. The summed E-state index contributed by atoms with van der Waals surface area (Å²) in [4.78, 5) is 18.7. The van der Waals surface area contributed by atoms with Gasteiger partial charge in [0.1, 0.15) is 5.76 Å². The molecule has 148 valence electrons. The van der Waals surface area contributed by atoms with Gasteiger partial charge in [-0.25, -0.2) is 0 Å². The third-order valence-electron chi connectivity index (χ3n) is 4.21. The number of guanidine groups is 1. The Kier molecular flexibility index (Phi) is 11.3. The summed E-state index contributed by atoms with van der Waals surface area (Å²) in [6.45, 7) is 5.82. The number of nitrogens with one attached hydrogen (secondary N) is 1. The normalized spacial score (nSPS) is 15.5. The van der Waals surface area contributed by atoms with Crippen molar-refractivity contribution in [3.05, 3.63) is 24.2 Å². The minimum Gasteiger partial charge on any atom is -0.469 e. The summed E-state index contributed by atoms with van der Waals surface area (Å²) in [7, 11) is 1.67. The van der Waals surface area contributed by atoms with Crippen molar-refractivity contribution in [2.75, 3.05) is 46.5 Å². The molecule has 1 saturated heterocycles. The van der Waals surface area contributed by atoms with E-state index in [0.29, 0.717) is 19.8 Å². The minimum atomic E-state index is -0.0780. The minimum absolute atomic E-state index is 0. The van der Waals surface area contributed by atoms with Gasteiger partial charge in [0, 0.05) is 33.2 Å². The van der Waals surface area contributed by atoms with Gasteiger partial charge < -0.3 is 24.1 Å². The first-order chi connectivity index (χ1) is 12.2. The molecule has 1 fully saturated rings. The average Bonchev–Trinajstić information content (AvgIpc) is 3.14. The molecule has 2 rings (SSSR count). The number of esters is 1. The van der Waals surface area contributed by atoms with Crippen molar-refractivity contribution in [1.82, 2.24) is 10.2 Å². The Morgan fingerprint density at radius 3 is 2.81 bits per heavy atom. The molecule has 0 aliphatic carbocycles. The molecule has 1 aliphatic heterocycles. The highest BCUT2D eigenvalue weighted by Gasteiger charge is 2.27. The van der Waals surface area contributed by atoms with Crippen LogP contribution in [-0.4, -0.2) is 63.3 Å². The predicted molar refractivity (Wildman–Crippen MR) is 111 cm³/mol. The summed E-state index contributed by atoms with van der Waals surface area (Å²) >= 11 is 0. The predicted octanol–water partition coefficient (Wildman–Crippen LogP) is 2.31. The molecule has 7 nitrogen and oxygen atoms in total. The lowest BCUT2D eigenvalue weighted by Crippen LogP contribution is -2.47. The molecule has 2 heterocycles. The molecule has 0 amide bonds. The van der Waals surface area contributed by atoms with Crippen LogP contribution in [0.4, 0.5) is 0 Å². The Balaban J connectivity index is 0.00000338. The number of likely N-dealkylation sites (tertiary alicyclic amines) is 1. The fourth-order valence-corrected chi connectivity index (χ4v) is 2.85. The second-order valence-electron chi connectivity index (χ2n) is 5.97. The number of methoxy groups -OCH3 is 1. The van der Waals surface area contributed by atoms with E-state index in [4.69, 9.17) is 13.9 Å². The highest BCUT2D eigenvalue weighted by Crippen LogP contribution is 2.18. The number of aliphatic imine (C=N–C) groups is 1. The van der Waals surface area contributed by atoms with Crippen LogP contribution < -0.4 is 5.32 Å². The molecule has 1 aliphatic rings. The highest BCUT2D eigenvalue weighted by atomic mass is 127. The van der Waals surface area contributed by atoms with Crippen LogP contribution in [0.5, 0.6) is 0 Å². The number of carbonyl (C=O) groups excluding carboxylic acids is 1. The second-order valence-corrected chi connectivity index (χ2v) is 5.97. The highest BCUT2D eigenvalue weighted by molar-refractivity contribution is 14.0. The first-order valence-corrected chi connectivity index (χ1v) is 8.95. The number of furan rings is 1. The van der Waals surface area contributed by atoms with Crippen molar-refractivity contribution in [3.63, 3.8) is 0 Å². The maximum Gasteiger partial charge on any atom is 0.309 e. The summed E-state index contributed by atoms with van der Waals surface area (Å²) < 4.78 is 15.6. The number of nitrogens with zero attached hydrogens (tertiary/aromatic N) is 2. The molecule has 0 bridgehead atoms. The Morgan fingerprint density at radius 2 is 2.19 bits per heavy atom. The van der Waals surface area contributed by atoms with Crippen molar-refractivity contribution >= 4 is 35.9 Å². The topological polar surface area (TPSA) is 76.3 Å². The van der Waals surface area contributed by atoms with Gasteiger partial charge in [0.05, 0.1) is 31.9 Å². The number of carbonyl (C=O) groups is 1. The van der Waals surface area contributed by atoms with Gasteiger partial charge in [-0.2, -0.15) is 0 Å². The van der Waals surface area contributed by atoms with Crippen LogP contribution in [0.15, 0.2) is 27.8 Å². The van der Waals surface area contributed by atoms with E-state index in [1.54, 1.807) is 13.4 Å². The molecule has 26 heavy (non-hydrogen) atoms. The SMILES string of the molecule is CCOC(=O)C1CCN(C(=NCCOC)NCCc2ccco2)CC1.I. The number of halogens is 1. The number of piperidine rings is 1. The molecule has 0 aromatic carbocycles. The number of rotatable bonds is 8. The molecular formula is C18H30IN3O4. The van der Waals surface area contributed by atoms with Gasteiger partial charge in [-0.3, -0.25) is 9.79 Å². The Bertz CT molecular complexity index is 529. The van der Waals surface area contributed by atoms with E-state index in [0.717, 1.165) is 50.6 Å². The zero-order valence-corrected chi connectivity index (χ0v) is 17.9. The maximum atomic E-state index is 11.9. The van der Waals surface area contributed by atoms with Crippen LogP contribution in [0.3, 0.4) is 0 Å². The van der Waals surface area contributed by atoms with Crippen molar-refractivity contribution < 1.29 is 18.7 Å². The third kappa shape index (κ3) is 7.53. The molecule has 1 N–H and O–H groups in total. The first kappa shape index (κ1) is 22.8. The lowest BCUT2D eigenvalue weighted by Gasteiger charge is -2.33. The van der Waals surface area contributed by atoms with Gasteiger partial charge in [0.2, 0.25) is 0 Å². The smallest absolute Gasteiger partial charge is 0.309 e. The quantitative estimate of drug-likeness (QED) is 0.203. The monoisotopic (exact) mass is 479 g/mol. The first-order valence-electron chi connectivity index (χ1n) is 8.95. The van der Waals surface area contributed by atoms with E-state index in [1.165, 1.54) is 0 Å². The van der Waals surface area contributed by atoms with Crippen LogP contribution >= 0.6 is 24.0 Å². The number of hydrogen-bond donors (Lipinski definition) is 1. The van der Waals surface area contributed by atoms with Crippen LogP contribution in [0, 0.1) is 5.92 Å². The molecule has 1 aromatic heterocycles. The Labute approximate surface area is 172 Å². The summed E-state index contributed by atoms with van der Waals surface area (Å²) in [5.74, 6) is 1.74. The van der Waals surface area contributed by atoms with E-state index >= 15 is 0 Å². The van der Waals surface area contributed by atoms with Crippen molar-refractivity contribution in [1.29, 1.82) is 0 Å². The van der Waals surface area contributed by atoms with Crippen LogP contribution in [0.1, 0.15) is 25.5 Å². The average molecular weight is 479 g/mol. The molecular weight excluding hydrogens is 449 g/mol. The largest absolute Gasteiger partial charge is 0.469 e.